The second-order valence-electron chi connectivity index (χ2n) is 6.82. The lowest BCUT2D eigenvalue weighted by Gasteiger charge is -2.13. The van der Waals surface area contributed by atoms with E-state index in [-0.39, 0.29) is 10.7 Å². The number of para-hydroxylation sites is 1. The fourth-order valence-electron chi connectivity index (χ4n) is 3.18. The first kappa shape index (κ1) is 21.2. The number of rotatable bonds is 4. The van der Waals surface area contributed by atoms with Crippen LogP contribution in [-0.4, -0.2) is 18.1 Å². The van der Waals surface area contributed by atoms with Crippen molar-refractivity contribution in [2.75, 3.05) is 12.4 Å². The Balaban J connectivity index is 1.55. The average molecular weight is 448 g/mol. The minimum atomic E-state index is -0.482. The molecule has 4 rings (SSSR count). The van der Waals surface area contributed by atoms with E-state index in [1.165, 1.54) is 31.4 Å². The number of ether oxygens (including phenoxy) is 1. The molecule has 6 nitrogen and oxygen atoms in total. The molecule has 0 saturated carbocycles. The predicted octanol–water partition coefficient (Wildman–Crippen LogP) is 4.73. The second kappa shape index (κ2) is 8.99. The number of fused-ring (bicyclic) bond motifs is 1. The molecule has 0 atom stereocenters. The summed E-state index contributed by atoms with van der Waals surface area (Å²) in [5.74, 6) is -0.486. The van der Waals surface area contributed by atoms with Crippen LogP contribution in [0.25, 0.3) is 22.1 Å². The molecule has 0 bridgehead atoms. The van der Waals surface area contributed by atoms with Gasteiger partial charge in [0.2, 0.25) is 0 Å². The number of thiocarbonyl (C=S) groups is 1. The van der Waals surface area contributed by atoms with Gasteiger partial charge in [0.1, 0.15) is 17.1 Å². The highest BCUT2D eigenvalue weighted by atomic mass is 32.1. The molecule has 1 aromatic heterocycles. The number of nitrogens with one attached hydrogen (secondary N) is 2. The van der Waals surface area contributed by atoms with Gasteiger partial charge in [-0.05, 0) is 60.7 Å². The Morgan fingerprint density at radius 2 is 1.75 bits per heavy atom. The van der Waals surface area contributed by atoms with Crippen molar-refractivity contribution in [1.29, 1.82) is 0 Å². The lowest BCUT2D eigenvalue weighted by molar-refractivity contribution is 0.0977. The molecular weight excluding hydrogens is 431 g/mol. The van der Waals surface area contributed by atoms with Gasteiger partial charge in [-0.1, -0.05) is 18.2 Å². The third kappa shape index (κ3) is 4.50. The third-order valence-corrected chi connectivity index (χ3v) is 4.93. The minimum absolute atomic E-state index is 0.0550. The fourth-order valence-corrected chi connectivity index (χ4v) is 3.39. The molecule has 0 saturated heterocycles. The predicted molar refractivity (Wildman–Crippen MR) is 125 cm³/mol. The van der Waals surface area contributed by atoms with Gasteiger partial charge in [0.15, 0.2) is 5.11 Å². The zero-order valence-corrected chi connectivity index (χ0v) is 17.7. The van der Waals surface area contributed by atoms with Crippen LogP contribution in [0.15, 0.2) is 82.0 Å². The highest BCUT2D eigenvalue weighted by molar-refractivity contribution is 7.80. The molecular formula is C24H17FN2O4S. The van der Waals surface area contributed by atoms with Crippen LogP contribution < -0.4 is 21.0 Å². The van der Waals surface area contributed by atoms with Crippen LogP contribution in [0.3, 0.4) is 0 Å². The summed E-state index contributed by atoms with van der Waals surface area (Å²) in [4.78, 5) is 24.7. The molecule has 0 aliphatic rings. The van der Waals surface area contributed by atoms with Crippen molar-refractivity contribution in [2.45, 2.75) is 0 Å². The van der Waals surface area contributed by atoms with Gasteiger partial charge in [-0.15, -0.1) is 0 Å². The van der Waals surface area contributed by atoms with Gasteiger partial charge < -0.3 is 14.5 Å². The van der Waals surface area contributed by atoms with Crippen molar-refractivity contribution in [2.24, 2.45) is 0 Å². The van der Waals surface area contributed by atoms with Crippen LogP contribution in [-0.2, 0) is 0 Å². The molecule has 8 heteroatoms. The molecule has 0 spiro atoms. The van der Waals surface area contributed by atoms with Crippen LogP contribution in [0.2, 0.25) is 0 Å². The number of hydrogen-bond donors (Lipinski definition) is 2. The van der Waals surface area contributed by atoms with Crippen LogP contribution in [0.4, 0.5) is 10.1 Å². The van der Waals surface area contributed by atoms with Gasteiger partial charge in [0, 0.05) is 28.3 Å². The quantitative estimate of drug-likeness (QED) is 0.347. The maximum Gasteiger partial charge on any atom is 0.344 e. The molecule has 0 aliphatic heterocycles. The highest BCUT2D eigenvalue weighted by Gasteiger charge is 2.14. The van der Waals surface area contributed by atoms with Crippen LogP contribution in [0.5, 0.6) is 5.75 Å². The second-order valence-corrected chi connectivity index (χ2v) is 7.22. The average Bonchev–Trinajstić information content (AvgIpc) is 2.79. The van der Waals surface area contributed by atoms with E-state index in [4.69, 9.17) is 21.4 Å². The van der Waals surface area contributed by atoms with Crippen molar-refractivity contribution in [3.63, 3.8) is 0 Å². The molecule has 3 aromatic carbocycles. The maximum absolute atomic E-state index is 13.0. The summed E-state index contributed by atoms with van der Waals surface area (Å²) in [5, 5.41) is 6.27. The number of carbonyl (C=O) groups is 1. The van der Waals surface area contributed by atoms with E-state index in [2.05, 4.69) is 10.6 Å². The number of anilines is 1. The number of carbonyl (C=O) groups excluding carboxylic acids is 1. The molecule has 160 valence electrons. The summed E-state index contributed by atoms with van der Waals surface area (Å²) in [5.41, 5.74) is 1.75. The Labute approximate surface area is 187 Å². The molecule has 1 heterocycles. The molecule has 0 radical (unpaired) electrons. The largest absolute Gasteiger partial charge is 0.496 e. The third-order valence-electron chi connectivity index (χ3n) is 4.72. The van der Waals surface area contributed by atoms with E-state index in [1.54, 1.807) is 36.4 Å². The Bertz CT molecular complexity index is 1380. The molecule has 0 unspecified atom stereocenters. The van der Waals surface area contributed by atoms with Crippen molar-refractivity contribution in [3.05, 3.63) is 94.6 Å². The van der Waals surface area contributed by atoms with Gasteiger partial charge >= 0.3 is 5.63 Å². The van der Waals surface area contributed by atoms with E-state index in [0.717, 1.165) is 5.39 Å². The van der Waals surface area contributed by atoms with Crippen molar-refractivity contribution < 1.29 is 18.3 Å². The fraction of sp³-hybridized carbons (Fsp3) is 0.0417. The number of halogens is 1. The van der Waals surface area contributed by atoms with Crippen LogP contribution in [0, 0.1) is 5.82 Å². The summed E-state index contributed by atoms with van der Waals surface area (Å²) >= 11 is 5.19. The lowest BCUT2D eigenvalue weighted by Crippen LogP contribution is -2.34. The zero-order chi connectivity index (χ0) is 22.7. The number of hydrogen-bond acceptors (Lipinski definition) is 5. The first-order valence-corrected chi connectivity index (χ1v) is 9.94. The van der Waals surface area contributed by atoms with E-state index in [1.807, 2.05) is 12.1 Å². The van der Waals surface area contributed by atoms with E-state index < -0.39 is 17.3 Å². The first-order chi connectivity index (χ1) is 15.4. The maximum atomic E-state index is 13.0. The summed E-state index contributed by atoms with van der Waals surface area (Å²) in [6, 6.07) is 19.1. The monoisotopic (exact) mass is 448 g/mol. The Kier molecular flexibility index (Phi) is 5.96. The van der Waals surface area contributed by atoms with E-state index in [0.29, 0.717) is 28.1 Å². The summed E-state index contributed by atoms with van der Waals surface area (Å²) in [6.07, 6.45) is 0. The summed E-state index contributed by atoms with van der Waals surface area (Å²) < 4.78 is 23.9. The van der Waals surface area contributed by atoms with Gasteiger partial charge in [0.05, 0.1) is 12.7 Å². The Morgan fingerprint density at radius 3 is 2.50 bits per heavy atom. The van der Waals surface area contributed by atoms with Gasteiger partial charge in [-0.3, -0.25) is 10.1 Å². The van der Waals surface area contributed by atoms with Crippen molar-refractivity contribution in [3.8, 4) is 16.9 Å². The van der Waals surface area contributed by atoms with Gasteiger partial charge in [-0.25, -0.2) is 9.18 Å². The number of methoxy groups -OCH3 is 1. The number of benzene rings is 3. The van der Waals surface area contributed by atoms with Crippen LogP contribution >= 0.6 is 12.2 Å². The Hall–Kier alpha value is -4.04. The Morgan fingerprint density at radius 1 is 1.00 bits per heavy atom. The molecule has 1 amide bonds. The zero-order valence-electron chi connectivity index (χ0n) is 16.8. The molecule has 32 heavy (non-hydrogen) atoms. The van der Waals surface area contributed by atoms with Crippen LogP contribution in [0.1, 0.15) is 10.4 Å². The van der Waals surface area contributed by atoms with Gasteiger partial charge in [-0.2, -0.15) is 0 Å². The van der Waals surface area contributed by atoms with Gasteiger partial charge in [0.25, 0.3) is 5.91 Å². The standard InChI is InChI=1S/C24H17FN2O4S/c1-30-21-13-17(26-24(32)27-22(28)14-6-8-16(25)9-7-14)10-11-18(21)19-12-15-4-2-3-5-20(15)31-23(19)29/h2-13H,1H3,(H2,26,27,28,32). The molecule has 2 N–H and O–H groups in total. The van der Waals surface area contributed by atoms with E-state index >= 15 is 0 Å². The lowest BCUT2D eigenvalue weighted by atomic mass is 10.0. The normalized spacial score (nSPS) is 10.6. The SMILES string of the molecule is COc1cc(NC(=S)NC(=O)c2ccc(F)cc2)ccc1-c1cc2ccccc2oc1=O. The van der Waals surface area contributed by atoms with E-state index in [9.17, 15) is 14.0 Å². The summed E-state index contributed by atoms with van der Waals surface area (Å²) in [7, 11) is 1.49. The first-order valence-electron chi connectivity index (χ1n) is 9.54. The smallest absolute Gasteiger partial charge is 0.344 e. The molecule has 4 aromatic rings. The molecule has 0 fully saturated rings. The topological polar surface area (TPSA) is 80.6 Å². The minimum Gasteiger partial charge on any atom is -0.496 e. The number of amides is 1. The molecule has 0 aliphatic carbocycles. The van der Waals surface area contributed by atoms with Crippen molar-refractivity contribution >= 4 is 39.9 Å². The summed E-state index contributed by atoms with van der Waals surface area (Å²) in [6.45, 7) is 0. The highest BCUT2D eigenvalue weighted by Crippen LogP contribution is 2.32. The van der Waals surface area contributed by atoms with Crippen molar-refractivity contribution in [1.82, 2.24) is 5.32 Å².